The summed E-state index contributed by atoms with van der Waals surface area (Å²) in [6.07, 6.45) is 7.66. The Labute approximate surface area is 174 Å². The van der Waals surface area contributed by atoms with Gasteiger partial charge in [0, 0.05) is 32.4 Å². The Bertz CT molecular complexity index is 780. The van der Waals surface area contributed by atoms with Crippen LogP contribution in [0.2, 0.25) is 0 Å². The van der Waals surface area contributed by atoms with E-state index < -0.39 is 10.0 Å². The van der Waals surface area contributed by atoms with Crippen molar-refractivity contribution in [3.05, 3.63) is 18.0 Å². The molecule has 3 atom stereocenters. The van der Waals surface area contributed by atoms with Crippen LogP contribution in [0.3, 0.4) is 0 Å². The van der Waals surface area contributed by atoms with Crippen molar-refractivity contribution in [2.45, 2.75) is 56.4 Å². The first-order valence-electron chi connectivity index (χ1n) is 10.0. The lowest BCUT2D eigenvalue weighted by atomic mass is 9.84. The standard InChI is InChI=1S/C19H32N4O3S.ClH/c1-14-6-5-9-23(12-14)27(25,26)16-10-18(22(2)13-16)19(24)21-17-8-4-3-7-15(17)11-20;/h10,13-15,17H,3-9,11-12,20H2,1-2H3,(H,21,24);1H. The molecule has 0 bridgehead atoms. The second-order valence-corrected chi connectivity index (χ2v) is 10.1. The monoisotopic (exact) mass is 432 g/mol. The van der Waals surface area contributed by atoms with Crippen molar-refractivity contribution in [2.75, 3.05) is 19.6 Å². The molecule has 28 heavy (non-hydrogen) atoms. The summed E-state index contributed by atoms with van der Waals surface area (Å²) < 4.78 is 29.1. The first kappa shape index (κ1) is 23.2. The maximum atomic E-state index is 13.0. The van der Waals surface area contributed by atoms with Crippen molar-refractivity contribution in [2.24, 2.45) is 24.6 Å². The third-order valence-corrected chi connectivity index (χ3v) is 7.83. The predicted molar refractivity (Wildman–Crippen MR) is 112 cm³/mol. The number of aryl methyl sites for hydroxylation is 1. The summed E-state index contributed by atoms with van der Waals surface area (Å²) in [6, 6.07) is 1.57. The Balaban J connectivity index is 0.00000280. The fraction of sp³-hybridized carbons (Fsp3) is 0.737. The van der Waals surface area contributed by atoms with Gasteiger partial charge in [0.2, 0.25) is 10.0 Å². The number of carbonyl (C=O) groups excluding carboxylic acids is 1. The number of hydrogen-bond donors (Lipinski definition) is 2. The molecule has 0 radical (unpaired) electrons. The van der Waals surface area contributed by atoms with E-state index in [9.17, 15) is 13.2 Å². The van der Waals surface area contributed by atoms with Gasteiger partial charge >= 0.3 is 0 Å². The van der Waals surface area contributed by atoms with E-state index in [-0.39, 0.29) is 29.3 Å². The molecule has 1 amide bonds. The van der Waals surface area contributed by atoms with Crippen molar-refractivity contribution >= 4 is 28.3 Å². The Morgan fingerprint density at radius 1 is 1.25 bits per heavy atom. The molecule has 3 rings (SSSR count). The number of aromatic nitrogens is 1. The van der Waals surface area contributed by atoms with E-state index in [4.69, 9.17) is 5.73 Å². The van der Waals surface area contributed by atoms with E-state index in [0.717, 1.165) is 38.5 Å². The Hall–Kier alpha value is -1.09. The molecule has 3 unspecified atom stereocenters. The Morgan fingerprint density at radius 2 is 1.96 bits per heavy atom. The number of sulfonamides is 1. The van der Waals surface area contributed by atoms with E-state index in [1.807, 2.05) is 0 Å². The zero-order valence-electron chi connectivity index (χ0n) is 16.8. The topological polar surface area (TPSA) is 97.4 Å². The summed E-state index contributed by atoms with van der Waals surface area (Å²) in [5.74, 6) is 0.428. The highest BCUT2D eigenvalue weighted by Crippen LogP contribution is 2.26. The molecular formula is C19H33ClN4O3S. The van der Waals surface area contributed by atoms with Gasteiger partial charge in [-0.05, 0) is 50.1 Å². The van der Waals surface area contributed by atoms with Crippen LogP contribution in [0.4, 0.5) is 0 Å². The highest BCUT2D eigenvalue weighted by molar-refractivity contribution is 7.89. The molecule has 2 fully saturated rings. The molecule has 7 nitrogen and oxygen atoms in total. The molecule has 1 aromatic rings. The van der Waals surface area contributed by atoms with Gasteiger partial charge < -0.3 is 15.6 Å². The van der Waals surface area contributed by atoms with Gasteiger partial charge in [0.25, 0.3) is 5.91 Å². The largest absolute Gasteiger partial charge is 0.348 e. The van der Waals surface area contributed by atoms with Gasteiger partial charge in [-0.1, -0.05) is 19.8 Å². The molecule has 1 saturated carbocycles. The van der Waals surface area contributed by atoms with Crippen LogP contribution >= 0.6 is 12.4 Å². The Morgan fingerprint density at radius 3 is 2.64 bits per heavy atom. The number of nitrogens with one attached hydrogen (secondary N) is 1. The van der Waals surface area contributed by atoms with Gasteiger partial charge in [-0.3, -0.25) is 4.79 Å². The van der Waals surface area contributed by atoms with Gasteiger partial charge in [-0.25, -0.2) is 8.42 Å². The SMILES string of the molecule is CC1CCCN(S(=O)(=O)c2cc(C(=O)NC3CCCCC3CN)n(C)c2)C1.Cl. The van der Waals surface area contributed by atoms with Crippen LogP contribution in [0.25, 0.3) is 0 Å². The molecule has 0 spiro atoms. The quantitative estimate of drug-likeness (QED) is 0.744. The minimum absolute atomic E-state index is 0. The van der Waals surface area contributed by atoms with Crippen LogP contribution in [-0.4, -0.2) is 48.9 Å². The second-order valence-electron chi connectivity index (χ2n) is 8.14. The zero-order valence-corrected chi connectivity index (χ0v) is 18.4. The van der Waals surface area contributed by atoms with Crippen LogP contribution in [0, 0.1) is 11.8 Å². The first-order valence-corrected chi connectivity index (χ1v) is 11.4. The second kappa shape index (κ2) is 9.61. The normalized spacial score (nSPS) is 26.5. The maximum Gasteiger partial charge on any atom is 0.268 e. The lowest BCUT2D eigenvalue weighted by Crippen LogP contribution is -2.45. The number of hydrogen-bond acceptors (Lipinski definition) is 4. The van der Waals surface area contributed by atoms with Crippen molar-refractivity contribution in [1.82, 2.24) is 14.2 Å². The van der Waals surface area contributed by atoms with Crippen LogP contribution in [-0.2, 0) is 17.1 Å². The van der Waals surface area contributed by atoms with Crippen LogP contribution in [0.1, 0.15) is 55.9 Å². The average Bonchev–Trinajstić information content (AvgIpc) is 3.05. The van der Waals surface area contributed by atoms with E-state index in [2.05, 4.69) is 12.2 Å². The summed E-state index contributed by atoms with van der Waals surface area (Å²) in [5, 5.41) is 3.08. The number of amides is 1. The van der Waals surface area contributed by atoms with Crippen molar-refractivity contribution in [3.63, 3.8) is 0 Å². The summed E-state index contributed by atoms with van der Waals surface area (Å²) in [5.41, 5.74) is 6.23. The Kier molecular flexibility index (Phi) is 7.96. The zero-order chi connectivity index (χ0) is 19.6. The van der Waals surface area contributed by atoms with Gasteiger partial charge in [0.1, 0.15) is 10.6 Å². The smallest absolute Gasteiger partial charge is 0.268 e. The number of nitrogens with zero attached hydrogens (tertiary/aromatic N) is 2. The summed E-state index contributed by atoms with van der Waals surface area (Å²) in [4.78, 5) is 13.0. The third kappa shape index (κ3) is 4.90. The molecule has 2 aliphatic rings. The number of nitrogens with two attached hydrogens (primary N) is 1. The molecule has 9 heteroatoms. The van der Waals surface area contributed by atoms with Crippen LogP contribution in [0.5, 0.6) is 0 Å². The molecular weight excluding hydrogens is 400 g/mol. The molecule has 1 aromatic heterocycles. The lowest BCUT2D eigenvalue weighted by Gasteiger charge is -2.31. The first-order chi connectivity index (χ1) is 12.8. The van der Waals surface area contributed by atoms with Crippen molar-refractivity contribution in [3.8, 4) is 0 Å². The molecule has 1 saturated heterocycles. The third-order valence-electron chi connectivity index (χ3n) is 6.00. The summed E-state index contributed by atoms with van der Waals surface area (Å²) >= 11 is 0. The van der Waals surface area contributed by atoms with Crippen LogP contribution in [0.15, 0.2) is 17.2 Å². The maximum absolute atomic E-state index is 13.0. The lowest BCUT2D eigenvalue weighted by molar-refractivity contribution is 0.0899. The minimum atomic E-state index is -3.57. The molecule has 3 N–H and O–H groups in total. The number of carbonyl (C=O) groups is 1. The van der Waals surface area contributed by atoms with Gasteiger partial charge in [-0.2, -0.15) is 4.31 Å². The fourth-order valence-corrected chi connectivity index (χ4v) is 6.01. The number of piperidine rings is 1. The molecule has 160 valence electrons. The fourth-order valence-electron chi connectivity index (χ4n) is 4.34. The molecule has 2 heterocycles. The van der Waals surface area contributed by atoms with E-state index >= 15 is 0 Å². The number of halogens is 1. The highest BCUT2D eigenvalue weighted by atomic mass is 35.5. The van der Waals surface area contributed by atoms with Crippen molar-refractivity contribution in [1.29, 1.82) is 0 Å². The minimum Gasteiger partial charge on any atom is -0.348 e. The molecule has 0 aromatic carbocycles. The van der Waals surface area contributed by atoms with E-state index in [1.165, 1.54) is 6.07 Å². The highest BCUT2D eigenvalue weighted by Gasteiger charge is 2.31. The predicted octanol–water partition coefficient (Wildman–Crippen LogP) is 2.11. The molecule has 1 aliphatic heterocycles. The molecule has 1 aliphatic carbocycles. The average molecular weight is 433 g/mol. The van der Waals surface area contributed by atoms with Crippen molar-refractivity contribution < 1.29 is 13.2 Å². The number of rotatable bonds is 5. The summed E-state index contributed by atoms with van der Waals surface area (Å²) in [6.45, 7) is 3.72. The van der Waals surface area contributed by atoms with Gasteiger partial charge in [0.15, 0.2) is 0 Å². The van der Waals surface area contributed by atoms with E-state index in [1.54, 1.807) is 22.1 Å². The van der Waals surface area contributed by atoms with E-state index in [0.29, 0.717) is 37.2 Å². The van der Waals surface area contributed by atoms with Gasteiger partial charge in [-0.15, -0.1) is 12.4 Å². The van der Waals surface area contributed by atoms with Crippen LogP contribution < -0.4 is 11.1 Å². The summed E-state index contributed by atoms with van der Waals surface area (Å²) in [7, 11) is -1.85. The van der Waals surface area contributed by atoms with Gasteiger partial charge in [0.05, 0.1) is 0 Å².